The van der Waals surface area contributed by atoms with Crippen LogP contribution < -0.4 is 16.4 Å². The maximum absolute atomic E-state index is 10.8. The van der Waals surface area contributed by atoms with Crippen molar-refractivity contribution in [1.82, 2.24) is 10.6 Å². The first kappa shape index (κ1) is 11.0. The highest BCUT2D eigenvalue weighted by atomic mass is 16.2. The van der Waals surface area contributed by atoms with Gasteiger partial charge in [-0.1, -0.05) is 0 Å². The molecular formula is C10H19N3O. The Labute approximate surface area is 84.9 Å². The Bertz CT molecular complexity index is 302. The fourth-order valence-electron chi connectivity index (χ4n) is 2.09. The van der Waals surface area contributed by atoms with E-state index in [1.54, 1.807) is 0 Å². The van der Waals surface area contributed by atoms with E-state index in [0.717, 1.165) is 11.3 Å². The third-order valence-electron chi connectivity index (χ3n) is 2.81. The summed E-state index contributed by atoms with van der Waals surface area (Å²) in [7, 11) is 0. The molecule has 1 rings (SSSR count). The molecule has 1 heterocycles. The molecule has 1 aliphatic rings. The second-order valence-electron chi connectivity index (χ2n) is 4.86. The van der Waals surface area contributed by atoms with Crippen LogP contribution in [-0.2, 0) is 0 Å². The zero-order chi connectivity index (χ0) is 11.1. The van der Waals surface area contributed by atoms with Gasteiger partial charge >= 0.3 is 6.03 Å². The third-order valence-corrected chi connectivity index (χ3v) is 2.81. The molecule has 4 nitrogen and oxygen atoms in total. The molecule has 0 aliphatic carbocycles. The lowest BCUT2D eigenvalue weighted by Gasteiger charge is -2.28. The van der Waals surface area contributed by atoms with E-state index >= 15 is 0 Å². The van der Waals surface area contributed by atoms with Gasteiger partial charge < -0.3 is 11.1 Å². The van der Waals surface area contributed by atoms with Gasteiger partial charge in [-0.3, -0.25) is 5.32 Å². The van der Waals surface area contributed by atoms with Crippen molar-refractivity contribution >= 4 is 6.03 Å². The van der Waals surface area contributed by atoms with Gasteiger partial charge in [0.05, 0.1) is 5.54 Å². The van der Waals surface area contributed by atoms with Crippen LogP contribution in [0.3, 0.4) is 0 Å². The van der Waals surface area contributed by atoms with Gasteiger partial charge in [-0.2, -0.15) is 0 Å². The number of amides is 2. The predicted molar refractivity (Wildman–Crippen MR) is 56.7 cm³/mol. The molecule has 14 heavy (non-hydrogen) atoms. The largest absolute Gasteiger partial charge is 0.351 e. The van der Waals surface area contributed by atoms with E-state index in [1.165, 1.54) is 0 Å². The van der Waals surface area contributed by atoms with Crippen LogP contribution in [0.15, 0.2) is 11.3 Å². The fraction of sp³-hybridized carbons (Fsp3) is 0.700. The second kappa shape index (κ2) is 2.98. The Morgan fingerprint density at radius 1 is 1.29 bits per heavy atom. The van der Waals surface area contributed by atoms with Crippen LogP contribution in [0.1, 0.15) is 34.6 Å². The number of rotatable bonds is 1. The number of nitrogens with one attached hydrogen (secondary N) is 2. The highest BCUT2D eigenvalue weighted by Crippen LogP contribution is 2.34. The fourth-order valence-corrected chi connectivity index (χ4v) is 2.09. The number of nitrogens with two attached hydrogens (primary N) is 1. The highest BCUT2D eigenvalue weighted by Gasteiger charge is 2.41. The van der Waals surface area contributed by atoms with Crippen molar-refractivity contribution in [3.05, 3.63) is 11.3 Å². The van der Waals surface area contributed by atoms with Crippen molar-refractivity contribution in [3.8, 4) is 0 Å². The average Bonchev–Trinajstić information content (AvgIpc) is 2.08. The molecule has 80 valence electrons. The van der Waals surface area contributed by atoms with Gasteiger partial charge in [-0.05, 0) is 40.2 Å². The minimum Gasteiger partial charge on any atom is -0.351 e. The minimum atomic E-state index is -0.507. The van der Waals surface area contributed by atoms with Crippen LogP contribution >= 0.6 is 0 Å². The van der Waals surface area contributed by atoms with E-state index in [9.17, 15) is 4.79 Å². The van der Waals surface area contributed by atoms with Gasteiger partial charge in [0.25, 0.3) is 0 Å². The van der Waals surface area contributed by atoms with Crippen LogP contribution in [0.5, 0.6) is 0 Å². The van der Waals surface area contributed by atoms with Crippen molar-refractivity contribution in [2.75, 3.05) is 0 Å². The van der Waals surface area contributed by atoms with Crippen molar-refractivity contribution in [3.63, 3.8) is 0 Å². The van der Waals surface area contributed by atoms with Crippen LogP contribution in [0.2, 0.25) is 0 Å². The van der Waals surface area contributed by atoms with E-state index in [0.29, 0.717) is 0 Å². The summed E-state index contributed by atoms with van der Waals surface area (Å²) in [4.78, 5) is 10.8. The molecule has 0 unspecified atom stereocenters. The number of urea groups is 1. The maximum Gasteiger partial charge on any atom is 0.316 e. The molecule has 0 saturated carbocycles. The molecule has 4 N–H and O–H groups in total. The van der Waals surface area contributed by atoms with E-state index < -0.39 is 6.03 Å². The van der Waals surface area contributed by atoms with Crippen LogP contribution in [0.25, 0.3) is 0 Å². The Balaban J connectivity index is 3.08. The summed E-state index contributed by atoms with van der Waals surface area (Å²) in [6, 6.07) is -0.507. The zero-order valence-corrected chi connectivity index (χ0v) is 9.49. The Kier molecular flexibility index (Phi) is 2.35. The summed E-state index contributed by atoms with van der Waals surface area (Å²) in [6.07, 6.45) is 0. The third kappa shape index (κ3) is 1.75. The number of hydrogen-bond acceptors (Lipinski definition) is 2. The SMILES string of the molecule is CC1=C(NC(N)=O)C(C)(C)NC1(C)C. The van der Waals surface area contributed by atoms with Gasteiger partial charge in [-0.25, -0.2) is 4.79 Å². The summed E-state index contributed by atoms with van der Waals surface area (Å²) in [6.45, 7) is 10.2. The van der Waals surface area contributed by atoms with Gasteiger partial charge in [0.1, 0.15) is 0 Å². The summed E-state index contributed by atoms with van der Waals surface area (Å²) in [5.74, 6) is 0. The van der Waals surface area contributed by atoms with Gasteiger partial charge in [0, 0.05) is 11.2 Å². The number of primary amides is 1. The first-order chi connectivity index (χ1) is 6.17. The summed E-state index contributed by atoms with van der Waals surface area (Å²) in [5, 5.41) is 6.12. The molecule has 0 aromatic heterocycles. The standard InChI is InChI=1S/C10H19N3O/c1-6-7(12-8(11)14)10(4,5)13-9(6,2)3/h13H,1-5H3,(H3,11,12,14). The van der Waals surface area contributed by atoms with Crippen LogP contribution in [-0.4, -0.2) is 17.1 Å². The van der Waals surface area contributed by atoms with Crippen LogP contribution in [0.4, 0.5) is 4.79 Å². The molecule has 4 heteroatoms. The molecule has 0 bridgehead atoms. The molecule has 0 radical (unpaired) electrons. The number of carbonyl (C=O) groups is 1. The lowest BCUT2D eigenvalue weighted by atomic mass is 9.97. The Morgan fingerprint density at radius 3 is 2.07 bits per heavy atom. The minimum absolute atomic E-state index is 0.0959. The average molecular weight is 197 g/mol. The van der Waals surface area contributed by atoms with Crippen molar-refractivity contribution in [2.24, 2.45) is 5.73 Å². The number of carbonyl (C=O) groups excluding carboxylic acids is 1. The first-order valence-corrected chi connectivity index (χ1v) is 4.74. The second-order valence-corrected chi connectivity index (χ2v) is 4.86. The molecule has 0 fully saturated rings. The van der Waals surface area contributed by atoms with Crippen molar-refractivity contribution in [2.45, 2.75) is 45.7 Å². The number of hydrogen-bond donors (Lipinski definition) is 3. The van der Waals surface area contributed by atoms with Crippen molar-refractivity contribution in [1.29, 1.82) is 0 Å². The summed E-state index contributed by atoms with van der Waals surface area (Å²) in [5.41, 5.74) is 6.81. The lowest BCUT2D eigenvalue weighted by Crippen LogP contribution is -2.48. The van der Waals surface area contributed by atoms with Gasteiger partial charge in [0.2, 0.25) is 0 Å². The van der Waals surface area contributed by atoms with Gasteiger partial charge in [-0.15, -0.1) is 0 Å². The molecule has 1 aliphatic heterocycles. The van der Waals surface area contributed by atoms with E-state index in [-0.39, 0.29) is 11.1 Å². The van der Waals surface area contributed by atoms with Crippen molar-refractivity contribution < 1.29 is 4.79 Å². The first-order valence-electron chi connectivity index (χ1n) is 4.74. The van der Waals surface area contributed by atoms with E-state index in [2.05, 4.69) is 24.5 Å². The predicted octanol–water partition coefficient (Wildman–Crippen LogP) is 1.09. The summed E-state index contributed by atoms with van der Waals surface area (Å²) >= 11 is 0. The molecular weight excluding hydrogens is 178 g/mol. The molecule has 0 aromatic carbocycles. The maximum atomic E-state index is 10.8. The smallest absolute Gasteiger partial charge is 0.316 e. The zero-order valence-electron chi connectivity index (χ0n) is 9.49. The quantitative estimate of drug-likeness (QED) is 0.589. The van der Waals surface area contributed by atoms with Crippen LogP contribution in [0, 0.1) is 0 Å². The Hall–Kier alpha value is -1.03. The van der Waals surface area contributed by atoms with E-state index in [1.807, 2.05) is 20.8 Å². The lowest BCUT2D eigenvalue weighted by molar-refractivity contribution is 0.249. The highest BCUT2D eigenvalue weighted by molar-refractivity contribution is 5.75. The molecule has 0 atom stereocenters. The molecule has 2 amide bonds. The topological polar surface area (TPSA) is 67.1 Å². The molecule has 0 saturated heterocycles. The normalized spacial score (nSPS) is 23.8. The molecule has 0 aromatic rings. The van der Waals surface area contributed by atoms with Gasteiger partial charge in [0.15, 0.2) is 0 Å². The molecule has 0 spiro atoms. The van der Waals surface area contributed by atoms with E-state index in [4.69, 9.17) is 5.73 Å². The Morgan fingerprint density at radius 2 is 1.79 bits per heavy atom. The monoisotopic (exact) mass is 197 g/mol. The summed E-state index contributed by atoms with van der Waals surface area (Å²) < 4.78 is 0.